The fraction of sp³-hybridized carbons (Fsp3) is 0.333. The minimum Gasteiger partial charge on any atom is -0.480 e. The SMILES string of the molecule is CCC(N)C(Oc1ccc(Cl)cc1Br)c1ccc(C)o1. The first-order chi connectivity index (χ1) is 9.51. The summed E-state index contributed by atoms with van der Waals surface area (Å²) in [6.45, 7) is 3.92. The zero-order valence-corrected chi connectivity index (χ0v) is 13.7. The molecule has 2 unspecified atom stereocenters. The van der Waals surface area contributed by atoms with Crippen molar-refractivity contribution in [2.75, 3.05) is 0 Å². The summed E-state index contributed by atoms with van der Waals surface area (Å²) in [6, 6.07) is 9.05. The lowest BCUT2D eigenvalue weighted by Crippen LogP contribution is -2.31. The van der Waals surface area contributed by atoms with Gasteiger partial charge in [0.25, 0.3) is 0 Å². The van der Waals surface area contributed by atoms with E-state index in [0.717, 1.165) is 22.4 Å². The number of hydrogen-bond acceptors (Lipinski definition) is 3. The van der Waals surface area contributed by atoms with Gasteiger partial charge in [-0.3, -0.25) is 0 Å². The summed E-state index contributed by atoms with van der Waals surface area (Å²) in [7, 11) is 0. The number of hydrogen-bond donors (Lipinski definition) is 1. The largest absolute Gasteiger partial charge is 0.480 e. The molecule has 2 N–H and O–H groups in total. The van der Waals surface area contributed by atoms with E-state index in [4.69, 9.17) is 26.5 Å². The van der Waals surface area contributed by atoms with E-state index in [1.54, 1.807) is 12.1 Å². The van der Waals surface area contributed by atoms with Gasteiger partial charge in [0.05, 0.1) is 4.47 Å². The summed E-state index contributed by atoms with van der Waals surface area (Å²) < 4.78 is 12.5. The third kappa shape index (κ3) is 3.57. The highest BCUT2D eigenvalue weighted by Gasteiger charge is 2.24. The van der Waals surface area contributed by atoms with Crippen LogP contribution in [0, 0.1) is 6.92 Å². The molecule has 0 aliphatic carbocycles. The fourth-order valence-electron chi connectivity index (χ4n) is 1.88. The van der Waals surface area contributed by atoms with Crippen LogP contribution in [0.2, 0.25) is 5.02 Å². The molecular weight excluding hydrogens is 342 g/mol. The van der Waals surface area contributed by atoms with E-state index in [9.17, 15) is 0 Å². The molecular formula is C15H17BrClNO2. The van der Waals surface area contributed by atoms with Crippen LogP contribution in [0.3, 0.4) is 0 Å². The lowest BCUT2D eigenvalue weighted by Gasteiger charge is -2.23. The van der Waals surface area contributed by atoms with Crippen LogP contribution in [-0.4, -0.2) is 6.04 Å². The number of rotatable bonds is 5. The van der Waals surface area contributed by atoms with E-state index >= 15 is 0 Å². The molecule has 0 saturated heterocycles. The van der Waals surface area contributed by atoms with Crippen molar-refractivity contribution >= 4 is 27.5 Å². The summed E-state index contributed by atoms with van der Waals surface area (Å²) >= 11 is 9.38. The number of halogens is 2. The van der Waals surface area contributed by atoms with Crippen LogP contribution < -0.4 is 10.5 Å². The fourth-order valence-corrected chi connectivity index (χ4v) is 2.66. The Hall–Kier alpha value is -0.970. The zero-order valence-electron chi connectivity index (χ0n) is 11.4. The number of aryl methyl sites for hydroxylation is 1. The summed E-state index contributed by atoms with van der Waals surface area (Å²) in [5.41, 5.74) is 6.16. The number of furan rings is 1. The molecule has 2 aromatic rings. The Balaban J connectivity index is 2.28. The van der Waals surface area contributed by atoms with Gasteiger partial charge in [-0.05, 0) is 59.6 Å². The molecule has 0 fully saturated rings. The highest BCUT2D eigenvalue weighted by Crippen LogP contribution is 2.33. The molecule has 20 heavy (non-hydrogen) atoms. The Morgan fingerprint density at radius 3 is 2.65 bits per heavy atom. The van der Waals surface area contributed by atoms with Crippen molar-refractivity contribution in [1.82, 2.24) is 0 Å². The molecule has 3 nitrogen and oxygen atoms in total. The topological polar surface area (TPSA) is 48.4 Å². The van der Waals surface area contributed by atoms with Crippen LogP contribution in [0.15, 0.2) is 39.2 Å². The molecule has 0 aliphatic heterocycles. The summed E-state index contributed by atoms with van der Waals surface area (Å²) in [6.07, 6.45) is 0.460. The standard InChI is InChI=1S/C15H17BrClNO2/c1-3-12(18)15(14-6-4-9(2)19-14)20-13-7-5-10(17)8-11(13)16/h4-8,12,15H,3,18H2,1-2H3. The van der Waals surface area contributed by atoms with Crippen LogP contribution >= 0.6 is 27.5 Å². The first-order valence-corrected chi connectivity index (χ1v) is 7.62. The molecule has 0 spiro atoms. The Morgan fingerprint density at radius 1 is 1.35 bits per heavy atom. The van der Waals surface area contributed by atoms with E-state index < -0.39 is 0 Å². The van der Waals surface area contributed by atoms with E-state index in [1.807, 2.05) is 32.0 Å². The average Bonchev–Trinajstić information content (AvgIpc) is 2.83. The van der Waals surface area contributed by atoms with Gasteiger partial charge in [0.1, 0.15) is 17.3 Å². The first-order valence-electron chi connectivity index (χ1n) is 6.45. The van der Waals surface area contributed by atoms with Crippen molar-refractivity contribution in [3.63, 3.8) is 0 Å². The normalized spacial score (nSPS) is 14.1. The van der Waals surface area contributed by atoms with E-state index in [2.05, 4.69) is 15.9 Å². The zero-order chi connectivity index (χ0) is 14.7. The predicted molar refractivity (Wildman–Crippen MR) is 84.2 cm³/mol. The maximum Gasteiger partial charge on any atom is 0.171 e. The molecule has 0 radical (unpaired) electrons. The van der Waals surface area contributed by atoms with Gasteiger partial charge < -0.3 is 14.9 Å². The monoisotopic (exact) mass is 357 g/mol. The van der Waals surface area contributed by atoms with Crippen molar-refractivity contribution in [3.8, 4) is 5.75 Å². The smallest absolute Gasteiger partial charge is 0.171 e. The second-order valence-electron chi connectivity index (χ2n) is 4.63. The average molecular weight is 359 g/mol. The van der Waals surface area contributed by atoms with Crippen molar-refractivity contribution in [1.29, 1.82) is 0 Å². The molecule has 2 atom stereocenters. The summed E-state index contributed by atoms with van der Waals surface area (Å²) in [5.74, 6) is 2.27. The molecule has 0 bridgehead atoms. The van der Waals surface area contributed by atoms with Gasteiger partial charge in [0.15, 0.2) is 6.10 Å². The molecule has 1 aromatic carbocycles. The Bertz CT molecular complexity index is 585. The molecule has 1 heterocycles. The predicted octanol–water partition coefficient (Wildman–Crippen LogP) is 4.86. The molecule has 0 saturated carbocycles. The third-order valence-corrected chi connectivity index (χ3v) is 3.90. The maximum absolute atomic E-state index is 6.16. The van der Waals surface area contributed by atoms with Gasteiger partial charge in [-0.1, -0.05) is 18.5 Å². The minimum atomic E-state index is -0.328. The molecule has 5 heteroatoms. The van der Waals surface area contributed by atoms with Crippen molar-refractivity contribution < 1.29 is 9.15 Å². The molecule has 2 rings (SSSR count). The third-order valence-electron chi connectivity index (χ3n) is 3.05. The number of benzene rings is 1. The quantitative estimate of drug-likeness (QED) is 0.830. The van der Waals surface area contributed by atoms with Crippen LogP contribution in [0.4, 0.5) is 0 Å². The number of ether oxygens (including phenoxy) is 1. The van der Waals surface area contributed by atoms with Gasteiger partial charge in [-0.25, -0.2) is 0 Å². The first kappa shape index (κ1) is 15.4. The lowest BCUT2D eigenvalue weighted by molar-refractivity contribution is 0.142. The van der Waals surface area contributed by atoms with Crippen LogP contribution in [0.25, 0.3) is 0 Å². The van der Waals surface area contributed by atoms with Crippen molar-refractivity contribution in [2.24, 2.45) is 5.73 Å². The molecule has 0 amide bonds. The van der Waals surface area contributed by atoms with Gasteiger partial charge in [-0.2, -0.15) is 0 Å². The van der Waals surface area contributed by atoms with Crippen molar-refractivity contribution in [2.45, 2.75) is 32.4 Å². The summed E-state index contributed by atoms with van der Waals surface area (Å²) in [4.78, 5) is 0. The Kier molecular flexibility index (Phi) is 5.13. The highest BCUT2D eigenvalue weighted by molar-refractivity contribution is 9.10. The van der Waals surface area contributed by atoms with Gasteiger partial charge >= 0.3 is 0 Å². The van der Waals surface area contributed by atoms with Crippen molar-refractivity contribution in [3.05, 3.63) is 51.3 Å². The van der Waals surface area contributed by atoms with E-state index in [-0.39, 0.29) is 12.1 Å². The molecule has 1 aromatic heterocycles. The van der Waals surface area contributed by atoms with E-state index in [1.165, 1.54) is 0 Å². The minimum absolute atomic E-state index is 0.150. The summed E-state index contributed by atoms with van der Waals surface area (Å²) in [5, 5.41) is 0.648. The van der Waals surface area contributed by atoms with Crippen LogP contribution in [0.1, 0.15) is 31.0 Å². The second kappa shape index (κ2) is 6.66. The number of nitrogens with two attached hydrogens (primary N) is 1. The highest BCUT2D eigenvalue weighted by atomic mass is 79.9. The molecule has 0 aliphatic rings. The van der Waals surface area contributed by atoms with Crippen LogP contribution in [0.5, 0.6) is 5.75 Å². The Morgan fingerprint density at radius 2 is 2.10 bits per heavy atom. The molecule has 108 valence electrons. The Labute approximate surface area is 132 Å². The second-order valence-corrected chi connectivity index (χ2v) is 5.92. The van der Waals surface area contributed by atoms with Gasteiger partial charge in [0.2, 0.25) is 0 Å². The maximum atomic E-state index is 6.16. The van der Waals surface area contributed by atoms with Gasteiger partial charge in [-0.15, -0.1) is 0 Å². The van der Waals surface area contributed by atoms with Crippen LogP contribution in [-0.2, 0) is 0 Å². The lowest BCUT2D eigenvalue weighted by atomic mass is 10.1. The van der Waals surface area contributed by atoms with E-state index in [0.29, 0.717) is 10.8 Å². The van der Waals surface area contributed by atoms with Gasteiger partial charge in [0, 0.05) is 11.1 Å².